The van der Waals surface area contributed by atoms with Crippen LogP contribution in [-0.4, -0.2) is 16.0 Å². The first-order valence-corrected chi connectivity index (χ1v) is 9.85. The highest BCUT2D eigenvalue weighted by atomic mass is 32.2. The van der Waals surface area contributed by atoms with Crippen molar-refractivity contribution in [3.8, 4) is 0 Å². The van der Waals surface area contributed by atoms with Crippen molar-refractivity contribution in [1.82, 2.24) is 10.1 Å². The number of carbonyl (C=O) groups excluding carboxylic acids is 1. The maximum Gasteiger partial charge on any atom is 0.336 e. The van der Waals surface area contributed by atoms with E-state index >= 15 is 0 Å². The Morgan fingerprint density at radius 1 is 1.14 bits per heavy atom. The highest BCUT2D eigenvalue weighted by Crippen LogP contribution is 2.27. The van der Waals surface area contributed by atoms with Gasteiger partial charge in [-0.1, -0.05) is 17.3 Å². The van der Waals surface area contributed by atoms with E-state index < -0.39 is 5.63 Å². The molecule has 4 aromatic rings. The van der Waals surface area contributed by atoms with E-state index in [1.807, 2.05) is 25.1 Å². The number of nitrogens with one attached hydrogen (secondary N) is 1. The van der Waals surface area contributed by atoms with Crippen molar-refractivity contribution in [3.05, 3.63) is 81.8 Å². The number of nitrogens with zero attached hydrogens (tertiary/aromatic N) is 2. The summed E-state index contributed by atoms with van der Waals surface area (Å²) in [4.78, 5) is 29.4. The summed E-state index contributed by atoms with van der Waals surface area (Å²) < 4.78 is 10.4. The first kappa shape index (κ1) is 18.9. The average molecular weight is 407 g/mol. The number of carbonyl (C=O) groups is 1. The van der Waals surface area contributed by atoms with Gasteiger partial charge in [0.1, 0.15) is 5.58 Å². The SMILES string of the molecule is Cc1noc(CSc2ccccc2C(=O)Nc2ccc3c(C)cc(=O)oc3c2)n1. The molecule has 0 saturated heterocycles. The van der Waals surface area contributed by atoms with Gasteiger partial charge in [0.2, 0.25) is 5.89 Å². The van der Waals surface area contributed by atoms with Crippen LogP contribution in [0.25, 0.3) is 11.0 Å². The van der Waals surface area contributed by atoms with Gasteiger partial charge in [-0.25, -0.2) is 4.79 Å². The van der Waals surface area contributed by atoms with Gasteiger partial charge in [-0.05, 0) is 43.7 Å². The molecule has 0 unspecified atom stereocenters. The van der Waals surface area contributed by atoms with Crippen LogP contribution in [0.1, 0.15) is 27.6 Å². The van der Waals surface area contributed by atoms with E-state index in [0.29, 0.717) is 34.3 Å². The lowest BCUT2D eigenvalue weighted by Crippen LogP contribution is -2.13. The molecule has 146 valence electrons. The molecule has 1 N–H and O–H groups in total. The molecule has 0 spiro atoms. The third kappa shape index (κ3) is 4.22. The minimum absolute atomic E-state index is 0.260. The highest BCUT2D eigenvalue weighted by molar-refractivity contribution is 7.98. The molecule has 0 aliphatic heterocycles. The van der Waals surface area contributed by atoms with Gasteiger partial charge >= 0.3 is 5.63 Å². The van der Waals surface area contributed by atoms with Crippen LogP contribution in [0.2, 0.25) is 0 Å². The van der Waals surface area contributed by atoms with Gasteiger partial charge in [0.05, 0.1) is 11.3 Å². The summed E-state index contributed by atoms with van der Waals surface area (Å²) in [5, 5.41) is 7.46. The number of aryl methyl sites for hydroxylation is 2. The number of anilines is 1. The normalized spacial score (nSPS) is 11.0. The van der Waals surface area contributed by atoms with Crippen LogP contribution in [0, 0.1) is 13.8 Å². The van der Waals surface area contributed by atoms with Crippen molar-refractivity contribution in [2.45, 2.75) is 24.5 Å². The van der Waals surface area contributed by atoms with Gasteiger partial charge < -0.3 is 14.3 Å². The molecule has 8 heteroatoms. The zero-order valence-electron chi connectivity index (χ0n) is 15.8. The van der Waals surface area contributed by atoms with Gasteiger partial charge in [-0.15, -0.1) is 11.8 Å². The fraction of sp³-hybridized carbons (Fsp3) is 0.143. The molecule has 0 atom stereocenters. The summed E-state index contributed by atoms with van der Waals surface area (Å²) in [6, 6.07) is 14.0. The van der Waals surface area contributed by atoms with Gasteiger partial charge in [-0.3, -0.25) is 4.79 Å². The molecule has 2 heterocycles. The fourth-order valence-electron chi connectivity index (χ4n) is 2.92. The average Bonchev–Trinajstić information content (AvgIpc) is 3.11. The lowest BCUT2D eigenvalue weighted by atomic mass is 10.1. The molecular formula is C21H17N3O4S. The van der Waals surface area contributed by atoms with Crippen LogP contribution < -0.4 is 10.9 Å². The lowest BCUT2D eigenvalue weighted by Gasteiger charge is -2.10. The summed E-state index contributed by atoms with van der Waals surface area (Å²) in [6.07, 6.45) is 0. The second-order valence-corrected chi connectivity index (χ2v) is 7.45. The third-order valence-corrected chi connectivity index (χ3v) is 5.32. The number of hydrogen-bond acceptors (Lipinski definition) is 7. The van der Waals surface area contributed by atoms with E-state index in [9.17, 15) is 9.59 Å². The molecule has 0 aliphatic rings. The minimum Gasteiger partial charge on any atom is -0.423 e. The summed E-state index contributed by atoms with van der Waals surface area (Å²) >= 11 is 1.44. The zero-order valence-corrected chi connectivity index (χ0v) is 16.6. The van der Waals surface area contributed by atoms with Crippen molar-refractivity contribution >= 4 is 34.3 Å². The molecule has 4 rings (SSSR count). The smallest absolute Gasteiger partial charge is 0.336 e. The van der Waals surface area contributed by atoms with Gasteiger partial charge in [0, 0.05) is 28.1 Å². The monoisotopic (exact) mass is 407 g/mol. The quantitative estimate of drug-likeness (QED) is 0.388. The van der Waals surface area contributed by atoms with Crippen LogP contribution in [0.3, 0.4) is 0 Å². The molecular weight excluding hydrogens is 390 g/mol. The largest absolute Gasteiger partial charge is 0.423 e. The van der Waals surface area contributed by atoms with Crippen molar-refractivity contribution < 1.29 is 13.7 Å². The van der Waals surface area contributed by atoms with Crippen molar-refractivity contribution in [2.24, 2.45) is 0 Å². The topological polar surface area (TPSA) is 98.2 Å². The molecule has 0 fully saturated rings. The fourth-order valence-corrected chi connectivity index (χ4v) is 3.81. The van der Waals surface area contributed by atoms with E-state index in [2.05, 4.69) is 15.5 Å². The number of benzene rings is 2. The van der Waals surface area contributed by atoms with E-state index in [1.54, 1.807) is 31.2 Å². The first-order valence-electron chi connectivity index (χ1n) is 8.86. The van der Waals surface area contributed by atoms with E-state index in [1.165, 1.54) is 17.8 Å². The number of fused-ring (bicyclic) bond motifs is 1. The van der Waals surface area contributed by atoms with Gasteiger partial charge in [0.15, 0.2) is 5.82 Å². The molecule has 0 saturated carbocycles. The van der Waals surface area contributed by atoms with Crippen LogP contribution in [0.4, 0.5) is 5.69 Å². The number of hydrogen-bond donors (Lipinski definition) is 1. The van der Waals surface area contributed by atoms with Crippen LogP contribution >= 0.6 is 11.8 Å². The van der Waals surface area contributed by atoms with Crippen LogP contribution in [0.5, 0.6) is 0 Å². The van der Waals surface area contributed by atoms with Crippen LogP contribution in [0.15, 0.2) is 67.2 Å². The Kier molecular flexibility index (Phi) is 5.18. The number of amides is 1. The first-order chi connectivity index (χ1) is 14.0. The molecule has 0 bridgehead atoms. The highest BCUT2D eigenvalue weighted by Gasteiger charge is 2.14. The molecule has 1 amide bonds. The molecule has 0 radical (unpaired) electrons. The Morgan fingerprint density at radius 2 is 1.97 bits per heavy atom. The van der Waals surface area contributed by atoms with Crippen molar-refractivity contribution in [2.75, 3.05) is 5.32 Å². The Bertz CT molecular complexity index is 1260. The third-order valence-electron chi connectivity index (χ3n) is 4.26. The van der Waals surface area contributed by atoms with Crippen molar-refractivity contribution in [1.29, 1.82) is 0 Å². The molecule has 2 aromatic heterocycles. The second kappa shape index (κ2) is 7.92. The van der Waals surface area contributed by atoms with E-state index in [4.69, 9.17) is 8.94 Å². The molecule has 29 heavy (non-hydrogen) atoms. The zero-order chi connectivity index (χ0) is 20.4. The Hall–Kier alpha value is -3.39. The maximum atomic E-state index is 12.9. The second-order valence-electron chi connectivity index (χ2n) is 6.43. The van der Waals surface area contributed by atoms with Gasteiger partial charge in [0.25, 0.3) is 5.91 Å². The Balaban J connectivity index is 1.55. The Labute approximate surface area is 170 Å². The summed E-state index contributed by atoms with van der Waals surface area (Å²) in [5.41, 5.74) is 1.91. The number of rotatable bonds is 5. The van der Waals surface area contributed by atoms with Crippen molar-refractivity contribution in [3.63, 3.8) is 0 Å². The number of aromatic nitrogens is 2. The molecule has 0 aliphatic carbocycles. The summed E-state index contributed by atoms with van der Waals surface area (Å²) in [7, 11) is 0. The number of thioether (sulfide) groups is 1. The Morgan fingerprint density at radius 3 is 2.76 bits per heavy atom. The van der Waals surface area contributed by atoms with Gasteiger partial charge in [-0.2, -0.15) is 4.98 Å². The summed E-state index contributed by atoms with van der Waals surface area (Å²) in [6.45, 7) is 3.60. The maximum absolute atomic E-state index is 12.9. The predicted octanol–water partition coefficient (Wildman–Crippen LogP) is 4.34. The lowest BCUT2D eigenvalue weighted by molar-refractivity contribution is 0.102. The predicted molar refractivity (Wildman–Crippen MR) is 110 cm³/mol. The summed E-state index contributed by atoms with van der Waals surface area (Å²) in [5.74, 6) is 1.28. The molecule has 7 nitrogen and oxygen atoms in total. The standard InChI is InChI=1S/C21H17N3O4S/c1-12-9-20(25)27-17-10-14(7-8-15(12)17)23-21(26)16-5-3-4-6-18(16)29-11-19-22-13(2)24-28-19/h3-10H,11H2,1-2H3,(H,23,26). The van der Waals surface area contributed by atoms with Crippen LogP contribution in [-0.2, 0) is 5.75 Å². The van der Waals surface area contributed by atoms with E-state index in [-0.39, 0.29) is 5.91 Å². The van der Waals surface area contributed by atoms with E-state index in [0.717, 1.165) is 15.8 Å². The minimum atomic E-state index is -0.420. The molecule has 2 aromatic carbocycles.